The Hall–Kier alpha value is -1.73. The number of carbonyl (C=O) groups is 1. The zero-order chi connectivity index (χ0) is 16.4. The van der Waals surface area contributed by atoms with Crippen LogP contribution in [0, 0.1) is 11.6 Å². The number of nitrogens with zero attached hydrogens (tertiary/aromatic N) is 2. The van der Waals surface area contributed by atoms with Crippen LogP contribution in [-0.2, 0) is 9.53 Å². The molecule has 7 heteroatoms. The average molecular weight is 325 g/mol. The van der Waals surface area contributed by atoms with Gasteiger partial charge in [0.2, 0.25) is 0 Å². The summed E-state index contributed by atoms with van der Waals surface area (Å²) in [5.74, 6) is -1.30. The van der Waals surface area contributed by atoms with E-state index in [9.17, 15) is 13.6 Å². The first-order chi connectivity index (χ1) is 11.0. The summed E-state index contributed by atoms with van der Waals surface area (Å²) < 4.78 is 33.1. The first-order valence-electron chi connectivity index (χ1n) is 7.84. The van der Waals surface area contributed by atoms with Crippen molar-refractivity contribution < 1.29 is 18.3 Å². The minimum atomic E-state index is -0.575. The lowest BCUT2D eigenvalue weighted by Gasteiger charge is -2.30. The average Bonchev–Trinajstić information content (AvgIpc) is 2.95. The Morgan fingerprint density at radius 3 is 2.70 bits per heavy atom. The Bertz CT molecular complexity index is 564. The van der Waals surface area contributed by atoms with Crippen LogP contribution in [0.25, 0.3) is 0 Å². The van der Waals surface area contributed by atoms with Crippen molar-refractivity contribution in [3.05, 3.63) is 29.8 Å². The summed E-state index contributed by atoms with van der Waals surface area (Å²) in [7, 11) is 1.95. The van der Waals surface area contributed by atoms with E-state index in [-0.39, 0.29) is 17.6 Å². The number of rotatable bonds is 3. The molecule has 0 aliphatic carbocycles. The molecule has 0 radical (unpaired) electrons. The van der Waals surface area contributed by atoms with E-state index in [2.05, 4.69) is 5.32 Å². The zero-order valence-electron chi connectivity index (χ0n) is 13.1. The zero-order valence-corrected chi connectivity index (χ0v) is 13.1. The fourth-order valence-electron chi connectivity index (χ4n) is 3.10. The Kier molecular flexibility index (Phi) is 4.77. The predicted octanol–water partition coefficient (Wildman–Crippen LogP) is 0.990. The molecule has 2 atom stereocenters. The van der Waals surface area contributed by atoms with Gasteiger partial charge < -0.3 is 19.9 Å². The molecule has 3 rings (SSSR count). The molecule has 2 saturated heterocycles. The van der Waals surface area contributed by atoms with Gasteiger partial charge in [0.1, 0.15) is 23.4 Å². The largest absolute Gasteiger partial charge is 0.366 e. The number of halogens is 2. The third-order valence-electron chi connectivity index (χ3n) is 4.35. The SMILES string of the molecule is CN1CCO[C@@H](C(=O)N[C@@H]2CCN(c3c(F)cccc3F)C2)C1. The number of carbonyl (C=O) groups excluding carboxylic acids is 1. The molecule has 0 spiro atoms. The summed E-state index contributed by atoms with van der Waals surface area (Å²) in [4.78, 5) is 15.9. The first kappa shape index (κ1) is 16.1. The van der Waals surface area contributed by atoms with E-state index >= 15 is 0 Å². The molecule has 2 fully saturated rings. The lowest BCUT2D eigenvalue weighted by molar-refractivity contribution is -0.138. The van der Waals surface area contributed by atoms with Gasteiger partial charge in [-0.1, -0.05) is 6.07 Å². The van der Waals surface area contributed by atoms with E-state index in [0.29, 0.717) is 32.7 Å². The van der Waals surface area contributed by atoms with Gasteiger partial charge in [0.25, 0.3) is 5.91 Å². The van der Waals surface area contributed by atoms with Gasteiger partial charge in [-0.2, -0.15) is 0 Å². The fraction of sp³-hybridized carbons (Fsp3) is 0.562. The van der Waals surface area contributed by atoms with Crippen molar-refractivity contribution in [3.63, 3.8) is 0 Å². The van der Waals surface area contributed by atoms with Gasteiger partial charge in [-0.05, 0) is 25.6 Å². The van der Waals surface area contributed by atoms with Gasteiger partial charge in [-0.15, -0.1) is 0 Å². The molecule has 2 aliphatic heterocycles. The summed E-state index contributed by atoms with van der Waals surface area (Å²) in [6.45, 7) is 2.81. The summed E-state index contributed by atoms with van der Waals surface area (Å²) in [6, 6.07) is 3.71. The summed E-state index contributed by atoms with van der Waals surface area (Å²) in [5.41, 5.74) is -0.0158. The Labute approximate surface area is 134 Å². The molecule has 5 nitrogen and oxygen atoms in total. The minimum Gasteiger partial charge on any atom is -0.366 e. The van der Waals surface area contributed by atoms with Gasteiger partial charge in [0.15, 0.2) is 0 Å². The lowest BCUT2D eigenvalue weighted by atomic mass is 10.2. The highest BCUT2D eigenvalue weighted by molar-refractivity contribution is 5.81. The van der Waals surface area contributed by atoms with E-state index in [1.54, 1.807) is 4.90 Å². The monoisotopic (exact) mass is 325 g/mol. The summed E-state index contributed by atoms with van der Waals surface area (Å²) >= 11 is 0. The van der Waals surface area contributed by atoms with Crippen LogP contribution >= 0.6 is 0 Å². The highest BCUT2D eigenvalue weighted by Gasteiger charge is 2.31. The Morgan fingerprint density at radius 1 is 1.26 bits per heavy atom. The second-order valence-corrected chi connectivity index (χ2v) is 6.13. The maximum absolute atomic E-state index is 13.8. The van der Waals surface area contributed by atoms with Crippen molar-refractivity contribution >= 4 is 11.6 Å². The molecule has 2 heterocycles. The summed E-state index contributed by atoms with van der Waals surface area (Å²) in [6.07, 6.45) is 0.176. The maximum Gasteiger partial charge on any atom is 0.250 e. The Morgan fingerprint density at radius 2 is 2.00 bits per heavy atom. The molecule has 0 bridgehead atoms. The molecule has 0 saturated carbocycles. The molecular weight excluding hydrogens is 304 g/mol. The van der Waals surface area contributed by atoms with E-state index in [1.807, 2.05) is 11.9 Å². The van der Waals surface area contributed by atoms with Gasteiger partial charge in [-0.3, -0.25) is 4.79 Å². The molecule has 2 aliphatic rings. The molecule has 0 unspecified atom stereocenters. The van der Waals surface area contributed by atoms with Crippen molar-refractivity contribution in [2.45, 2.75) is 18.6 Å². The molecule has 126 valence electrons. The highest BCUT2D eigenvalue weighted by Crippen LogP contribution is 2.26. The number of hydrogen-bond acceptors (Lipinski definition) is 4. The van der Waals surface area contributed by atoms with Crippen molar-refractivity contribution in [2.24, 2.45) is 0 Å². The van der Waals surface area contributed by atoms with Gasteiger partial charge >= 0.3 is 0 Å². The standard InChI is InChI=1S/C16H21F2N3O2/c1-20-7-8-23-14(10-20)16(22)19-11-5-6-21(9-11)15-12(17)3-2-4-13(15)18/h2-4,11,14H,5-10H2,1H3,(H,19,22)/t11-,14-/m1/s1. The number of para-hydroxylation sites is 1. The number of nitrogens with one attached hydrogen (secondary N) is 1. The molecule has 1 aromatic carbocycles. The number of hydrogen-bond donors (Lipinski definition) is 1. The third kappa shape index (κ3) is 3.61. The second kappa shape index (κ2) is 6.80. The first-order valence-corrected chi connectivity index (χ1v) is 7.84. The number of benzene rings is 1. The van der Waals surface area contributed by atoms with Crippen molar-refractivity contribution in [1.29, 1.82) is 0 Å². The molecular formula is C16H21F2N3O2. The maximum atomic E-state index is 13.8. The van der Waals surface area contributed by atoms with Gasteiger partial charge in [0, 0.05) is 32.2 Å². The van der Waals surface area contributed by atoms with Crippen LogP contribution in [0.2, 0.25) is 0 Å². The third-order valence-corrected chi connectivity index (χ3v) is 4.35. The van der Waals surface area contributed by atoms with Crippen LogP contribution in [0.1, 0.15) is 6.42 Å². The Balaban J connectivity index is 1.58. The second-order valence-electron chi connectivity index (χ2n) is 6.13. The molecule has 1 amide bonds. The van der Waals surface area contributed by atoms with Gasteiger partial charge in [-0.25, -0.2) is 8.78 Å². The summed E-state index contributed by atoms with van der Waals surface area (Å²) in [5, 5.41) is 2.93. The van der Waals surface area contributed by atoms with E-state index < -0.39 is 17.7 Å². The van der Waals surface area contributed by atoms with Crippen LogP contribution in [0.4, 0.5) is 14.5 Å². The molecule has 1 N–H and O–H groups in total. The minimum absolute atomic E-state index is 0.0158. The molecule has 23 heavy (non-hydrogen) atoms. The van der Waals surface area contributed by atoms with Crippen LogP contribution in [-0.4, -0.2) is 62.8 Å². The number of anilines is 1. The van der Waals surface area contributed by atoms with Gasteiger partial charge in [0.05, 0.1) is 6.61 Å². The molecule has 0 aromatic heterocycles. The van der Waals surface area contributed by atoms with Crippen LogP contribution < -0.4 is 10.2 Å². The number of likely N-dealkylation sites (N-methyl/N-ethyl adjacent to an activating group) is 1. The predicted molar refractivity (Wildman–Crippen MR) is 82.4 cm³/mol. The van der Waals surface area contributed by atoms with E-state index in [0.717, 1.165) is 6.54 Å². The van der Waals surface area contributed by atoms with Crippen LogP contribution in [0.15, 0.2) is 18.2 Å². The normalized spacial score (nSPS) is 25.6. The van der Waals surface area contributed by atoms with Crippen LogP contribution in [0.3, 0.4) is 0 Å². The quantitative estimate of drug-likeness (QED) is 0.900. The number of ether oxygens (including phenoxy) is 1. The molecule has 1 aromatic rings. The van der Waals surface area contributed by atoms with E-state index in [4.69, 9.17) is 4.74 Å². The van der Waals surface area contributed by atoms with Crippen molar-refractivity contribution in [1.82, 2.24) is 10.2 Å². The lowest BCUT2D eigenvalue weighted by Crippen LogP contribution is -2.51. The number of amides is 1. The fourth-order valence-corrected chi connectivity index (χ4v) is 3.10. The van der Waals surface area contributed by atoms with E-state index in [1.165, 1.54) is 18.2 Å². The topological polar surface area (TPSA) is 44.8 Å². The van der Waals surface area contributed by atoms with Crippen LogP contribution in [0.5, 0.6) is 0 Å². The van der Waals surface area contributed by atoms with Crippen molar-refractivity contribution in [2.75, 3.05) is 44.7 Å². The van der Waals surface area contributed by atoms with Crippen molar-refractivity contribution in [3.8, 4) is 0 Å². The number of morpholine rings is 1. The smallest absolute Gasteiger partial charge is 0.250 e. The highest BCUT2D eigenvalue weighted by atomic mass is 19.1.